The molecule has 31 heavy (non-hydrogen) atoms. The van der Waals surface area contributed by atoms with Gasteiger partial charge in [-0.25, -0.2) is 4.79 Å². The van der Waals surface area contributed by atoms with E-state index in [2.05, 4.69) is 15.6 Å². The smallest absolute Gasteiger partial charge is 0.408 e. The van der Waals surface area contributed by atoms with E-state index in [4.69, 9.17) is 4.42 Å². The van der Waals surface area contributed by atoms with Crippen LogP contribution in [0.15, 0.2) is 82.3 Å². The Kier molecular flexibility index (Phi) is 5.89. The zero-order valence-corrected chi connectivity index (χ0v) is 16.6. The highest BCUT2D eigenvalue weighted by Gasteiger charge is 2.10. The fraction of sp³-hybridized carbons (Fsp3) is 0.130. The first-order valence-electron chi connectivity index (χ1n) is 9.80. The van der Waals surface area contributed by atoms with Crippen molar-refractivity contribution in [1.82, 2.24) is 9.55 Å². The monoisotopic (exact) mass is 416 g/mol. The summed E-state index contributed by atoms with van der Waals surface area (Å²) in [5.74, 6) is -0.899. The molecule has 0 aliphatic heterocycles. The number of nitrogens with zero attached hydrogens (tertiary/aromatic N) is 2. The molecule has 2 amide bonds. The SMILES string of the molecule is O=C(CCCn1c(=O)oc2ccccc21)Nc1cccc(NC(=O)c2cccnc2)c1. The van der Waals surface area contributed by atoms with Gasteiger partial charge >= 0.3 is 5.76 Å². The topological polar surface area (TPSA) is 106 Å². The lowest BCUT2D eigenvalue weighted by atomic mass is 10.2. The molecule has 2 aromatic carbocycles. The third-order valence-corrected chi connectivity index (χ3v) is 4.69. The molecular weight excluding hydrogens is 396 g/mol. The molecule has 0 unspecified atom stereocenters. The van der Waals surface area contributed by atoms with E-state index in [0.717, 1.165) is 0 Å². The van der Waals surface area contributed by atoms with Gasteiger partial charge in [0.1, 0.15) is 0 Å². The number of carbonyl (C=O) groups excluding carboxylic acids is 2. The molecule has 0 fully saturated rings. The summed E-state index contributed by atoms with van der Waals surface area (Å²) in [6, 6.07) is 17.4. The average Bonchev–Trinajstić information content (AvgIpc) is 3.10. The van der Waals surface area contributed by atoms with Crippen molar-refractivity contribution in [3.63, 3.8) is 0 Å². The Morgan fingerprint density at radius 1 is 0.968 bits per heavy atom. The van der Waals surface area contributed by atoms with Crippen LogP contribution in [0.3, 0.4) is 0 Å². The summed E-state index contributed by atoms with van der Waals surface area (Å²) in [7, 11) is 0. The lowest BCUT2D eigenvalue weighted by Gasteiger charge is -2.09. The van der Waals surface area contributed by atoms with E-state index in [1.807, 2.05) is 12.1 Å². The first kappa shape index (κ1) is 20.1. The number of amides is 2. The Morgan fingerprint density at radius 3 is 2.58 bits per heavy atom. The van der Waals surface area contributed by atoms with Crippen molar-refractivity contribution in [3.05, 3.63) is 89.2 Å². The van der Waals surface area contributed by atoms with E-state index in [1.165, 1.54) is 10.8 Å². The number of pyridine rings is 1. The van der Waals surface area contributed by atoms with Gasteiger partial charge in [-0.2, -0.15) is 0 Å². The van der Waals surface area contributed by atoms with Crippen LogP contribution in [-0.2, 0) is 11.3 Å². The Labute approximate surface area is 177 Å². The molecule has 0 spiro atoms. The van der Waals surface area contributed by atoms with Crippen LogP contribution >= 0.6 is 0 Å². The summed E-state index contributed by atoms with van der Waals surface area (Å²) >= 11 is 0. The Balaban J connectivity index is 1.32. The van der Waals surface area contributed by atoms with Crippen molar-refractivity contribution in [3.8, 4) is 0 Å². The number of aromatic nitrogens is 2. The number of hydrogen-bond donors (Lipinski definition) is 2. The second-order valence-electron chi connectivity index (χ2n) is 6.92. The predicted octanol–water partition coefficient (Wildman–Crippen LogP) is 3.66. The van der Waals surface area contributed by atoms with E-state index in [9.17, 15) is 14.4 Å². The van der Waals surface area contributed by atoms with Crippen molar-refractivity contribution in [2.45, 2.75) is 19.4 Å². The molecule has 0 atom stereocenters. The van der Waals surface area contributed by atoms with Crippen LogP contribution in [0.4, 0.5) is 11.4 Å². The number of fused-ring (bicyclic) bond motifs is 1. The van der Waals surface area contributed by atoms with Gasteiger partial charge in [-0.15, -0.1) is 0 Å². The molecule has 4 aromatic rings. The predicted molar refractivity (Wildman–Crippen MR) is 117 cm³/mol. The zero-order valence-electron chi connectivity index (χ0n) is 16.6. The summed E-state index contributed by atoms with van der Waals surface area (Å²) in [5, 5.41) is 5.59. The van der Waals surface area contributed by atoms with E-state index in [0.29, 0.717) is 41.0 Å². The van der Waals surface area contributed by atoms with Crippen LogP contribution in [-0.4, -0.2) is 21.4 Å². The van der Waals surface area contributed by atoms with E-state index in [1.54, 1.807) is 54.7 Å². The highest BCUT2D eigenvalue weighted by atomic mass is 16.4. The molecule has 0 aliphatic rings. The van der Waals surface area contributed by atoms with Crippen molar-refractivity contribution < 1.29 is 14.0 Å². The standard InChI is InChI=1S/C23H20N4O4/c28-21(11-5-13-27-19-9-1-2-10-20(19)31-23(27)30)25-17-7-3-8-18(14-17)26-22(29)16-6-4-12-24-15-16/h1-4,6-10,12,14-15H,5,11,13H2,(H,25,28)(H,26,29). The molecule has 8 heteroatoms. The Bertz CT molecular complexity index is 1280. The molecule has 0 aliphatic carbocycles. The molecule has 2 N–H and O–H groups in total. The van der Waals surface area contributed by atoms with Gasteiger partial charge in [-0.3, -0.25) is 19.1 Å². The second-order valence-corrected chi connectivity index (χ2v) is 6.92. The van der Waals surface area contributed by atoms with Crippen LogP contribution in [0.5, 0.6) is 0 Å². The quantitative estimate of drug-likeness (QED) is 0.478. The lowest BCUT2D eigenvalue weighted by molar-refractivity contribution is -0.116. The maximum Gasteiger partial charge on any atom is 0.419 e. The zero-order chi connectivity index (χ0) is 21.6. The lowest BCUT2D eigenvalue weighted by Crippen LogP contribution is -2.17. The minimum Gasteiger partial charge on any atom is -0.408 e. The van der Waals surface area contributed by atoms with Crippen molar-refractivity contribution in [2.75, 3.05) is 10.6 Å². The van der Waals surface area contributed by atoms with Crippen LogP contribution in [0.2, 0.25) is 0 Å². The van der Waals surface area contributed by atoms with Crippen molar-refractivity contribution in [1.29, 1.82) is 0 Å². The van der Waals surface area contributed by atoms with Gasteiger partial charge in [0.15, 0.2) is 5.58 Å². The fourth-order valence-electron chi connectivity index (χ4n) is 3.22. The van der Waals surface area contributed by atoms with Crippen LogP contribution in [0, 0.1) is 0 Å². The molecule has 0 saturated heterocycles. The summed E-state index contributed by atoms with van der Waals surface area (Å²) in [6.45, 7) is 0.379. The minimum atomic E-state index is -0.432. The summed E-state index contributed by atoms with van der Waals surface area (Å²) in [4.78, 5) is 40.5. The Morgan fingerprint density at radius 2 is 1.77 bits per heavy atom. The summed E-state index contributed by atoms with van der Waals surface area (Å²) in [6.07, 6.45) is 3.79. The van der Waals surface area contributed by atoms with Gasteiger partial charge in [0.25, 0.3) is 5.91 Å². The third kappa shape index (κ3) is 4.87. The van der Waals surface area contributed by atoms with E-state index in [-0.39, 0.29) is 18.2 Å². The van der Waals surface area contributed by atoms with Gasteiger partial charge < -0.3 is 15.1 Å². The van der Waals surface area contributed by atoms with Crippen molar-refractivity contribution in [2.24, 2.45) is 0 Å². The number of carbonyl (C=O) groups is 2. The summed E-state index contributed by atoms with van der Waals surface area (Å²) < 4.78 is 6.72. The Hall–Kier alpha value is -4.20. The number of para-hydroxylation sites is 2. The molecular formula is C23H20N4O4. The number of oxazole rings is 1. The van der Waals surface area contributed by atoms with Crippen LogP contribution in [0.25, 0.3) is 11.1 Å². The third-order valence-electron chi connectivity index (χ3n) is 4.69. The molecule has 0 saturated carbocycles. The van der Waals surface area contributed by atoms with Crippen LogP contribution in [0.1, 0.15) is 23.2 Å². The highest BCUT2D eigenvalue weighted by molar-refractivity contribution is 6.04. The number of aryl methyl sites for hydroxylation is 1. The normalized spacial score (nSPS) is 10.7. The molecule has 8 nitrogen and oxygen atoms in total. The van der Waals surface area contributed by atoms with E-state index < -0.39 is 5.76 Å². The second kappa shape index (κ2) is 9.08. The molecule has 0 radical (unpaired) electrons. The number of benzene rings is 2. The fourth-order valence-corrected chi connectivity index (χ4v) is 3.22. The van der Waals surface area contributed by atoms with Gasteiger partial charge in [0.2, 0.25) is 5.91 Å². The van der Waals surface area contributed by atoms with Crippen molar-refractivity contribution >= 4 is 34.3 Å². The molecule has 4 rings (SSSR count). The highest BCUT2D eigenvalue weighted by Crippen LogP contribution is 2.17. The number of anilines is 2. The molecule has 2 aromatic heterocycles. The number of hydrogen-bond acceptors (Lipinski definition) is 5. The van der Waals surface area contributed by atoms with Gasteiger partial charge in [-0.1, -0.05) is 18.2 Å². The first-order valence-corrected chi connectivity index (χ1v) is 9.80. The largest absolute Gasteiger partial charge is 0.419 e. The summed E-state index contributed by atoms with van der Waals surface area (Å²) in [5.41, 5.74) is 2.81. The molecule has 0 bridgehead atoms. The first-order chi connectivity index (χ1) is 15.1. The van der Waals surface area contributed by atoms with Gasteiger partial charge in [0.05, 0.1) is 11.1 Å². The van der Waals surface area contributed by atoms with Gasteiger partial charge in [-0.05, 0) is 48.9 Å². The number of rotatable bonds is 7. The van der Waals surface area contributed by atoms with Gasteiger partial charge in [0, 0.05) is 36.7 Å². The maximum atomic E-state index is 12.3. The molecule has 156 valence electrons. The van der Waals surface area contributed by atoms with E-state index >= 15 is 0 Å². The molecule has 2 heterocycles. The average molecular weight is 416 g/mol. The number of nitrogens with one attached hydrogen (secondary N) is 2. The van der Waals surface area contributed by atoms with Crippen LogP contribution < -0.4 is 16.4 Å². The maximum absolute atomic E-state index is 12.3. The minimum absolute atomic E-state index is 0.184.